The summed E-state index contributed by atoms with van der Waals surface area (Å²) in [7, 11) is 4.00. The van der Waals surface area contributed by atoms with Gasteiger partial charge in [-0.05, 0) is 27.9 Å². The Kier molecular flexibility index (Phi) is 9.50. The molecular weight excluding hydrogens is 474 g/mol. The highest BCUT2D eigenvalue weighted by Gasteiger charge is 2.55. The maximum atomic E-state index is 13.0. The van der Waals surface area contributed by atoms with E-state index in [-0.39, 0.29) is 47.3 Å². The van der Waals surface area contributed by atoms with Gasteiger partial charge in [-0.1, -0.05) is 0 Å². The van der Waals surface area contributed by atoms with E-state index in [1.807, 2.05) is 25.9 Å². The van der Waals surface area contributed by atoms with Crippen molar-refractivity contribution in [2.75, 3.05) is 46.8 Å². The summed E-state index contributed by atoms with van der Waals surface area (Å²) in [5.74, 6) is 1.00. The number of H-pyrrole nitrogens is 1. The Balaban J connectivity index is 0.000000693. The molecule has 196 valence electrons. The van der Waals surface area contributed by atoms with Crippen molar-refractivity contribution >= 4 is 24.8 Å². The number of nitrogens with one attached hydrogen (secondary N) is 1. The molecule has 0 radical (unpaired) electrons. The van der Waals surface area contributed by atoms with Crippen LogP contribution in [0.4, 0.5) is 0 Å². The molecule has 2 amide bonds. The number of hydrogen-bond donors (Lipinski definition) is 3. The summed E-state index contributed by atoms with van der Waals surface area (Å²) < 4.78 is 5.51. The number of nitrogens with zero attached hydrogens (tertiary/aromatic N) is 4. The first-order valence-electron chi connectivity index (χ1n) is 11.0. The zero-order valence-corrected chi connectivity index (χ0v) is 20.6. The van der Waals surface area contributed by atoms with E-state index in [2.05, 4.69) is 14.9 Å². The van der Waals surface area contributed by atoms with Gasteiger partial charge in [0.15, 0.2) is 11.2 Å². The van der Waals surface area contributed by atoms with Gasteiger partial charge in [0.05, 0.1) is 6.20 Å². The molecule has 0 aromatic carbocycles. The zero-order valence-electron chi connectivity index (χ0n) is 20.6. The third-order valence-corrected chi connectivity index (χ3v) is 6.00. The van der Waals surface area contributed by atoms with Crippen LogP contribution in [0, 0.1) is 25.2 Å². The van der Waals surface area contributed by atoms with Crippen LogP contribution in [0.1, 0.15) is 32.6 Å². The van der Waals surface area contributed by atoms with Crippen molar-refractivity contribution in [3.05, 3.63) is 51.6 Å². The Bertz CT molecular complexity index is 1140. The van der Waals surface area contributed by atoms with E-state index in [0.717, 1.165) is 6.54 Å². The SMILES string of the molecule is Cc1ncc(C(=O)N2C[C@@H]3CN(C(=O)c4cc(=O)cc(C)o4)C[C@]3(CN(C)C)C2)[nH]1.O=CO.O=CO. The summed E-state index contributed by atoms with van der Waals surface area (Å²) >= 11 is 0. The van der Waals surface area contributed by atoms with Crippen LogP contribution >= 0.6 is 0 Å². The van der Waals surface area contributed by atoms with Crippen LogP contribution in [0.5, 0.6) is 0 Å². The molecule has 2 aromatic heterocycles. The molecule has 2 saturated heterocycles. The van der Waals surface area contributed by atoms with E-state index in [1.54, 1.807) is 18.0 Å². The molecule has 0 aliphatic carbocycles. The maximum Gasteiger partial charge on any atom is 0.290 e. The highest BCUT2D eigenvalue weighted by atomic mass is 16.4. The standard InChI is InChI=1S/C21H27N5O4.2CH2O2/c1-13-5-16(27)6-18(30-13)20(29)26-9-15-8-25(11-21(15,12-26)10-24(3)4)19(28)17-7-22-14(2)23-17;2*2-1-3/h5-7,15H,8-12H2,1-4H3,(H,22,23);2*1H,(H,2,3)/t15-,21+;;/m1../s1. The molecule has 2 aliphatic rings. The second-order valence-electron chi connectivity index (χ2n) is 9.03. The van der Waals surface area contributed by atoms with Crippen LogP contribution in [-0.2, 0) is 9.59 Å². The molecule has 13 heteroatoms. The third-order valence-electron chi connectivity index (χ3n) is 6.00. The van der Waals surface area contributed by atoms with Gasteiger partial charge >= 0.3 is 0 Å². The van der Waals surface area contributed by atoms with Crippen molar-refractivity contribution in [2.24, 2.45) is 11.3 Å². The fraction of sp³-hybridized carbons (Fsp3) is 0.478. The lowest BCUT2D eigenvalue weighted by Crippen LogP contribution is -2.43. The smallest absolute Gasteiger partial charge is 0.290 e. The lowest BCUT2D eigenvalue weighted by atomic mass is 9.80. The van der Waals surface area contributed by atoms with Crippen LogP contribution in [0.3, 0.4) is 0 Å². The number of aryl methyl sites for hydroxylation is 2. The number of carbonyl (C=O) groups is 4. The average molecular weight is 506 g/mol. The molecular formula is C23H31N5O8. The first-order valence-corrected chi connectivity index (χ1v) is 11.0. The first kappa shape index (κ1) is 28.2. The van der Waals surface area contributed by atoms with Gasteiger partial charge in [-0.2, -0.15) is 0 Å². The zero-order chi connectivity index (χ0) is 27.0. The van der Waals surface area contributed by atoms with E-state index < -0.39 is 0 Å². The molecule has 0 saturated carbocycles. The van der Waals surface area contributed by atoms with Gasteiger partial charge in [0.2, 0.25) is 0 Å². The molecule has 4 rings (SSSR count). The predicted molar refractivity (Wildman–Crippen MR) is 127 cm³/mol. The minimum absolute atomic E-state index is 0.0642. The van der Waals surface area contributed by atoms with Crippen molar-refractivity contribution in [1.82, 2.24) is 24.7 Å². The van der Waals surface area contributed by atoms with Crippen LogP contribution < -0.4 is 5.43 Å². The maximum absolute atomic E-state index is 13.0. The number of likely N-dealkylation sites (tertiary alicyclic amines) is 2. The molecule has 13 nitrogen and oxygen atoms in total. The Labute approximate surface area is 207 Å². The van der Waals surface area contributed by atoms with E-state index in [1.165, 1.54) is 12.1 Å². The number of aromatic amines is 1. The third kappa shape index (κ3) is 6.56. The predicted octanol–water partition coefficient (Wildman–Crippen LogP) is 0.157. The monoisotopic (exact) mass is 505 g/mol. The van der Waals surface area contributed by atoms with Crippen molar-refractivity contribution in [3.63, 3.8) is 0 Å². The summed E-state index contributed by atoms with van der Waals surface area (Å²) in [5, 5.41) is 13.8. The molecule has 2 aliphatic heterocycles. The molecule has 0 spiro atoms. The Hall–Kier alpha value is -4.00. The molecule has 2 atom stereocenters. The van der Waals surface area contributed by atoms with E-state index in [9.17, 15) is 14.4 Å². The van der Waals surface area contributed by atoms with Gasteiger partial charge < -0.3 is 34.3 Å². The Morgan fingerprint density at radius 2 is 1.69 bits per heavy atom. The number of fused-ring (bicyclic) bond motifs is 1. The average Bonchev–Trinajstić information content (AvgIpc) is 3.45. The van der Waals surface area contributed by atoms with Crippen LogP contribution in [-0.4, -0.2) is 106 Å². The first-order chi connectivity index (χ1) is 17.0. The van der Waals surface area contributed by atoms with E-state index in [4.69, 9.17) is 24.2 Å². The minimum atomic E-state index is -0.273. The van der Waals surface area contributed by atoms with Gasteiger partial charge in [0, 0.05) is 56.2 Å². The van der Waals surface area contributed by atoms with E-state index >= 15 is 0 Å². The summed E-state index contributed by atoms with van der Waals surface area (Å²) in [4.78, 5) is 67.4. The second-order valence-corrected chi connectivity index (χ2v) is 9.03. The molecule has 0 unspecified atom stereocenters. The normalized spacial score (nSPS) is 20.1. The van der Waals surface area contributed by atoms with Gasteiger partial charge in [-0.3, -0.25) is 24.0 Å². The number of rotatable bonds is 4. The molecule has 2 aromatic rings. The summed E-state index contributed by atoms with van der Waals surface area (Å²) in [5.41, 5.74) is 0.0200. The van der Waals surface area contributed by atoms with E-state index in [0.29, 0.717) is 43.5 Å². The van der Waals surface area contributed by atoms with Crippen molar-refractivity contribution < 1.29 is 33.8 Å². The minimum Gasteiger partial charge on any atom is -0.483 e. The van der Waals surface area contributed by atoms with Gasteiger partial charge in [-0.25, -0.2) is 4.98 Å². The summed E-state index contributed by atoms with van der Waals surface area (Å²) in [6.07, 6.45) is 1.57. The van der Waals surface area contributed by atoms with Gasteiger partial charge in [0.25, 0.3) is 24.8 Å². The molecule has 0 bridgehead atoms. The Morgan fingerprint density at radius 3 is 2.17 bits per heavy atom. The lowest BCUT2D eigenvalue weighted by molar-refractivity contribution is -0.123. The molecule has 2 fully saturated rings. The number of amides is 2. The fourth-order valence-electron chi connectivity index (χ4n) is 4.91. The highest BCUT2D eigenvalue weighted by molar-refractivity contribution is 5.93. The largest absolute Gasteiger partial charge is 0.483 e. The van der Waals surface area contributed by atoms with Crippen molar-refractivity contribution in [1.29, 1.82) is 0 Å². The van der Waals surface area contributed by atoms with Crippen molar-refractivity contribution in [2.45, 2.75) is 13.8 Å². The topological polar surface area (TPSA) is 177 Å². The quantitative estimate of drug-likeness (QED) is 0.485. The number of aromatic nitrogens is 2. The molecule has 3 N–H and O–H groups in total. The van der Waals surface area contributed by atoms with Crippen LogP contribution in [0.15, 0.2) is 27.5 Å². The number of imidazole rings is 1. The number of carbonyl (C=O) groups excluding carboxylic acids is 2. The molecule has 4 heterocycles. The number of hydrogen-bond acceptors (Lipinski definition) is 8. The van der Waals surface area contributed by atoms with Crippen LogP contribution in [0.2, 0.25) is 0 Å². The van der Waals surface area contributed by atoms with Crippen LogP contribution in [0.25, 0.3) is 0 Å². The van der Waals surface area contributed by atoms with Crippen molar-refractivity contribution in [3.8, 4) is 0 Å². The summed E-state index contributed by atoms with van der Waals surface area (Å²) in [6, 6.07) is 2.61. The lowest BCUT2D eigenvalue weighted by Gasteiger charge is -2.32. The fourth-order valence-corrected chi connectivity index (χ4v) is 4.91. The van der Waals surface area contributed by atoms with Gasteiger partial charge in [-0.15, -0.1) is 0 Å². The second kappa shape index (κ2) is 12.1. The Morgan fingerprint density at radius 1 is 1.14 bits per heavy atom. The number of carboxylic acid groups (broad SMARTS) is 2. The van der Waals surface area contributed by atoms with Gasteiger partial charge in [0.1, 0.15) is 17.3 Å². The highest BCUT2D eigenvalue weighted by Crippen LogP contribution is 2.43. The molecule has 36 heavy (non-hydrogen) atoms. The summed E-state index contributed by atoms with van der Waals surface area (Å²) in [6.45, 7) is 5.90.